The number of benzene rings is 4. The van der Waals surface area contributed by atoms with Gasteiger partial charge in [-0.15, -0.1) is 0 Å². The minimum Gasteiger partial charge on any atom is -0.445 e. The van der Waals surface area contributed by atoms with Crippen LogP contribution in [0.2, 0.25) is 0 Å². The van der Waals surface area contributed by atoms with Gasteiger partial charge in [0.1, 0.15) is 18.1 Å². The molecule has 3 N–H and O–H groups in total. The van der Waals surface area contributed by atoms with Crippen molar-refractivity contribution >= 4 is 19.8 Å². The van der Waals surface area contributed by atoms with E-state index in [2.05, 4.69) is 5.32 Å². The summed E-state index contributed by atoms with van der Waals surface area (Å²) in [5.74, 6) is -0.183. The quantitative estimate of drug-likeness (QED) is 0.179. The molecule has 4 aromatic carbocycles. The number of carbonyl (C=O) groups excluding carboxylic acids is 2. The normalized spacial score (nSPS) is 11.7. The Morgan fingerprint density at radius 3 is 1.74 bits per heavy atom. The molecule has 0 radical (unpaired) electrons. The van der Waals surface area contributed by atoms with Crippen molar-refractivity contribution in [3.8, 4) is 11.5 Å². The van der Waals surface area contributed by atoms with Gasteiger partial charge in [0, 0.05) is 11.1 Å². The minimum absolute atomic E-state index is 0.00129. The number of para-hydroxylation sites is 2. The predicted octanol–water partition coefficient (Wildman–Crippen LogP) is 5.99. The second kappa shape index (κ2) is 12.6. The van der Waals surface area contributed by atoms with Gasteiger partial charge >= 0.3 is 13.9 Å². The lowest BCUT2D eigenvalue weighted by molar-refractivity contribution is 0.0888. The SMILES string of the molecule is NC(=O)c1ccc([C@H](NC(=O)OCc2ccccc2)OP(=O)(Oc2ccccc2)Oc2ccccc2)cc1. The molecule has 0 heterocycles. The number of phosphoric ester groups is 1. The third kappa shape index (κ3) is 7.70. The first kappa shape index (κ1) is 26.5. The monoisotopic (exact) mass is 532 g/mol. The van der Waals surface area contributed by atoms with Gasteiger partial charge in [0.15, 0.2) is 6.23 Å². The minimum atomic E-state index is -4.41. The van der Waals surface area contributed by atoms with Gasteiger partial charge in [0.25, 0.3) is 0 Å². The average molecular weight is 532 g/mol. The van der Waals surface area contributed by atoms with Crippen LogP contribution in [-0.2, 0) is 20.4 Å². The van der Waals surface area contributed by atoms with Crippen LogP contribution in [0.4, 0.5) is 4.79 Å². The maximum absolute atomic E-state index is 13.9. The van der Waals surface area contributed by atoms with Crippen molar-refractivity contribution in [2.45, 2.75) is 12.8 Å². The van der Waals surface area contributed by atoms with Crippen LogP contribution >= 0.6 is 7.82 Å². The highest BCUT2D eigenvalue weighted by Crippen LogP contribution is 2.52. The van der Waals surface area contributed by atoms with Crippen LogP contribution in [0.25, 0.3) is 0 Å². The molecule has 38 heavy (non-hydrogen) atoms. The fraction of sp³-hybridized carbons (Fsp3) is 0.0714. The molecule has 0 saturated heterocycles. The third-order valence-electron chi connectivity index (χ3n) is 5.11. The Kier molecular flexibility index (Phi) is 8.77. The summed E-state index contributed by atoms with van der Waals surface area (Å²) in [5, 5.41) is 2.55. The van der Waals surface area contributed by atoms with E-state index in [4.69, 9.17) is 24.0 Å². The molecule has 1 atom stereocenters. The van der Waals surface area contributed by atoms with Gasteiger partial charge in [0.2, 0.25) is 5.91 Å². The zero-order valence-electron chi connectivity index (χ0n) is 20.1. The highest BCUT2D eigenvalue weighted by molar-refractivity contribution is 7.49. The van der Waals surface area contributed by atoms with Crippen molar-refractivity contribution < 1.29 is 32.5 Å². The number of alkyl carbamates (subject to hydrolysis) is 1. The zero-order valence-corrected chi connectivity index (χ0v) is 21.0. The van der Waals surface area contributed by atoms with Crippen LogP contribution in [-0.4, -0.2) is 12.0 Å². The number of hydrogen-bond donors (Lipinski definition) is 2. The van der Waals surface area contributed by atoms with E-state index in [1.807, 2.05) is 18.2 Å². The lowest BCUT2D eigenvalue weighted by Gasteiger charge is -2.25. The summed E-state index contributed by atoms with van der Waals surface area (Å²) in [6, 6.07) is 31.7. The Morgan fingerprint density at radius 2 is 1.24 bits per heavy atom. The molecule has 0 saturated carbocycles. The number of carbonyl (C=O) groups is 2. The summed E-state index contributed by atoms with van der Waals surface area (Å²) in [6.45, 7) is -0.00129. The second-order valence-electron chi connectivity index (χ2n) is 7.93. The van der Waals surface area contributed by atoms with E-state index in [1.165, 1.54) is 24.3 Å². The molecule has 2 amide bonds. The Bertz CT molecular complexity index is 1340. The summed E-state index contributed by atoms with van der Waals surface area (Å²) in [7, 11) is -4.41. The third-order valence-corrected chi connectivity index (χ3v) is 6.45. The van der Waals surface area contributed by atoms with Crippen molar-refractivity contribution in [3.63, 3.8) is 0 Å². The summed E-state index contributed by atoms with van der Waals surface area (Å²) in [6.07, 6.45) is -2.19. The first-order valence-corrected chi connectivity index (χ1v) is 13.0. The number of phosphoric acid groups is 1. The van der Waals surface area contributed by atoms with Gasteiger partial charge in [0.05, 0.1) is 0 Å². The Labute approximate surface area is 219 Å². The fourth-order valence-electron chi connectivity index (χ4n) is 3.28. The maximum Gasteiger partial charge on any atom is 0.589 e. The Morgan fingerprint density at radius 1 is 0.737 bits per heavy atom. The summed E-state index contributed by atoms with van der Waals surface area (Å²) in [5.41, 5.74) is 6.69. The molecule has 4 rings (SSSR count). The van der Waals surface area contributed by atoms with E-state index in [1.54, 1.807) is 72.8 Å². The van der Waals surface area contributed by atoms with Gasteiger partial charge in [-0.3, -0.25) is 10.1 Å². The topological polar surface area (TPSA) is 126 Å². The lowest BCUT2D eigenvalue weighted by Crippen LogP contribution is -2.31. The van der Waals surface area contributed by atoms with Crippen molar-refractivity contribution in [1.82, 2.24) is 5.32 Å². The molecule has 4 aromatic rings. The van der Waals surface area contributed by atoms with Gasteiger partial charge in [-0.05, 0) is 42.0 Å². The highest BCUT2D eigenvalue weighted by Gasteiger charge is 2.36. The van der Waals surface area contributed by atoms with E-state index < -0.39 is 26.1 Å². The molecule has 194 valence electrons. The Balaban J connectivity index is 1.60. The number of ether oxygens (including phenoxy) is 1. The van der Waals surface area contributed by atoms with Crippen LogP contribution < -0.4 is 20.1 Å². The summed E-state index contributed by atoms with van der Waals surface area (Å²) >= 11 is 0. The summed E-state index contributed by atoms with van der Waals surface area (Å²) < 4.78 is 36.4. The number of amides is 2. The van der Waals surface area contributed by atoms with E-state index in [9.17, 15) is 14.2 Å². The molecule has 0 aliphatic carbocycles. The second-order valence-corrected chi connectivity index (χ2v) is 9.40. The van der Waals surface area contributed by atoms with E-state index in [-0.39, 0.29) is 23.7 Å². The molecular weight excluding hydrogens is 507 g/mol. The first-order valence-electron chi connectivity index (χ1n) is 11.5. The zero-order chi connectivity index (χ0) is 26.8. The molecule has 0 unspecified atom stereocenters. The molecule has 10 heteroatoms. The molecule has 9 nitrogen and oxygen atoms in total. The van der Waals surface area contributed by atoms with Crippen LogP contribution in [0.3, 0.4) is 0 Å². The van der Waals surface area contributed by atoms with Crippen LogP contribution in [0, 0.1) is 0 Å². The van der Waals surface area contributed by atoms with Crippen LogP contribution in [0.1, 0.15) is 27.7 Å². The molecule has 0 spiro atoms. The largest absolute Gasteiger partial charge is 0.589 e. The number of nitrogens with two attached hydrogens (primary N) is 1. The van der Waals surface area contributed by atoms with E-state index in [0.29, 0.717) is 5.56 Å². The molecular formula is C28H25N2O7P. The highest BCUT2D eigenvalue weighted by atomic mass is 31.2. The standard InChI is InChI=1S/C28H25N2O7P/c29-26(31)22-16-18-23(19-17-22)27(30-28(32)34-20-21-10-4-1-5-11-21)37-38(33,35-24-12-6-2-7-13-24)36-25-14-8-3-9-15-25/h1-19,27H,20H2,(H2,29,31)(H,30,32)/t27-/m1/s1. The smallest absolute Gasteiger partial charge is 0.445 e. The average Bonchev–Trinajstić information content (AvgIpc) is 2.93. The van der Waals surface area contributed by atoms with Gasteiger partial charge in [-0.2, -0.15) is 0 Å². The van der Waals surface area contributed by atoms with Crippen molar-refractivity contribution in [2.75, 3.05) is 0 Å². The van der Waals surface area contributed by atoms with Crippen molar-refractivity contribution in [2.24, 2.45) is 5.73 Å². The van der Waals surface area contributed by atoms with E-state index >= 15 is 0 Å². The molecule has 0 aromatic heterocycles. The van der Waals surface area contributed by atoms with Crippen molar-refractivity contribution in [3.05, 3.63) is 132 Å². The van der Waals surface area contributed by atoms with Crippen LogP contribution in [0.15, 0.2) is 115 Å². The predicted molar refractivity (Wildman–Crippen MR) is 140 cm³/mol. The van der Waals surface area contributed by atoms with Crippen molar-refractivity contribution in [1.29, 1.82) is 0 Å². The summed E-state index contributed by atoms with van der Waals surface area (Å²) in [4.78, 5) is 24.3. The molecule has 0 aliphatic rings. The van der Waals surface area contributed by atoms with Gasteiger partial charge < -0.3 is 19.5 Å². The number of primary amides is 1. The molecule has 0 aliphatic heterocycles. The maximum atomic E-state index is 13.9. The molecule has 0 bridgehead atoms. The number of nitrogens with one attached hydrogen (secondary N) is 1. The van der Waals surface area contributed by atoms with Gasteiger partial charge in [-0.25, -0.2) is 13.9 Å². The van der Waals surface area contributed by atoms with E-state index in [0.717, 1.165) is 5.56 Å². The fourth-order valence-corrected chi connectivity index (χ4v) is 4.59. The lowest BCUT2D eigenvalue weighted by atomic mass is 10.1. The van der Waals surface area contributed by atoms with Gasteiger partial charge in [-0.1, -0.05) is 78.9 Å². The Hall–Kier alpha value is -4.59. The number of rotatable bonds is 11. The first-order chi connectivity index (χ1) is 18.4. The van der Waals surface area contributed by atoms with Crippen LogP contribution in [0.5, 0.6) is 11.5 Å². The number of hydrogen-bond acceptors (Lipinski definition) is 7. The molecule has 0 fully saturated rings.